The summed E-state index contributed by atoms with van der Waals surface area (Å²) in [4.78, 5) is 14.8. The van der Waals surface area contributed by atoms with E-state index in [1.165, 1.54) is 0 Å². The van der Waals surface area contributed by atoms with E-state index in [1.54, 1.807) is 24.3 Å². The van der Waals surface area contributed by atoms with Gasteiger partial charge in [-0.15, -0.1) is 0 Å². The van der Waals surface area contributed by atoms with Gasteiger partial charge >= 0.3 is 0 Å². The quantitative estimate of drug-likeness (QED) is 0.669. The molecule has 0 aliphatic rings. The van der Waals surface area contributed by atoms with E-state index >= 15 is 0 Å². The SMILES string of the molecule is O=[C]c1ccc(-c2nc3ccccc3o2)cc1. The number of carbonyl (C=O) groups excluding carboxylic acids is 1. The highest BCUT2D eigenvalue weighted by Gasteiger charge is 2.07. The monoisotopic (exact) mass is 222 g/mol. The van der Waals surface area contributed by atoms with Crippen LogP contribution < -0.4 is 0 Å². The van der Waals surface area contributed by atoms with Crippen molar-refractivity contribution in [1.29, 1.82) is 0 Å². The van der Waals surface area contributed by atoms with Crippen molar-refractivity contribution >= 4 is 17.4 Å². The number of benzene rings is 2. The van der Waals surface area contributed by atoms with Gasteiger partial charge < -0.3 is 4.42 Å². The second-order valence-corrected chi connectivity index (χ2v) is 3.67. The molecule has 3 aromatic rings. The van der Waals surface area contributed by atoms with Crippen LogP contribution in [-0.4, -0.2) is 11.3 Å². The summed E-state index contributed by atoms with van der Waals surface area (Å²) >= 11 is 0. The van der Waals surface area contributed by atoms with E-state index in [1.807, 2.05) is 30.6 Å². The molecule has 0 aliphatic carbocycles. The van der Waals surface area contributed by atoms with E-state index in [9.17, 15) is 4.79 Å². The molecule has 0 spiro atoms. The van der Waals surface area contributed by atoms with Gasteiger partial charge in [0.05, 0.1) is 0 Å². The standard InChI is InChI=1S/C14H8NO2/c16-9-10-5-7-11(8-6-10)14-15-12-3-1-2-4-13(12)17-14/h1-8H. The molecule has 0 fully saturated rings. The lowest BCUT2D eigenvalue weighted by Crippen LogP contribution is -1.81. The summed E-state index contributed by atoms with van der Waals surface area (Å²) in [7, 11) is 0. The third-order valence-electron chi connectivity index (χ3n) is 2.54. The molecular weight excluding hydrogens is 214 g/mol. The molecule has 1 aromatic heterocycles. The van der Waals surface area contributed by atoms with Crippen LogP contribution in [-0.2, 0) is 4.79 Å². The Morgan fingerprint density at radius 3 is 2.47 bits per heavy atom. The summed E-state index contributed by atoms with van der Waals surface area (Å²) in [5.74, 6) is 0.559. The van der Waals surface area contributed by atoms with E-state index in [2.05, 4.69) is 4.98 Å². The summed E-state index contributed by atoms with van der Waals surface area (Å²) < 4.78 is 5.62. The van der Waals surface area contributed by atoms with Crippen LogP contribution in [0.15, 0.2) is 52.9 Å². The normalized spacial score (nSPS) is 10.6. The molecule has 2 aromatic carbocycles. The summed E-state index contributed by atoms with van der Waals surface area (Å²) in [6.45, 7) is 0. The minimum Gasteiger partial charge on any atom is -0.436 e. The fraction of sp³-hybridized carbons (Fsp3) is 0. The first kappa shape index (κ1) is 9.78. The first-order valence-electron chi connectivity index (χ1n) is 5.21. The molecule has 0 atom stereocenters. The van der Waals surface area contributed by atoms with Crippen LogP contribution in [0.4, 0.5) is 0 Å². The second-order valence-electron chi connectivity index (χ2n) is 3.67. The molecule has 0 saturated carbocycles. The Balaban J connectivity index is 2.10. The van der Waals surface area contributed by atoms with Gasteiger partial charge in [0.2, 0.25) is 12.2 Å². The largest absolute Gasteiger partial charge is 0.436 e. The van der Waals surface area contributed by atoms with Crippen molar-refractivity contribution < 1.29 is 9.21 Å². The maximum Gasteiger partial charge on any atom is 0.233 e. The van der Waals surface area contributed by atoms with E-state index in [-0.39, 0.29) is 0 Å². The fourth-order valence-electron chi connectivity index (χ4n) is 1.68. The van der Waals surface area contributed by atoms with Crippen LogP contribution in [0.3, 0.4) is 0 Å². The van der Waals surface area contributed by atoms with Gasteiger partial charge in [0.1, 0.15) is 5.52 Å². The molecule has 81 valence electrons. The molecule has 17 heavy (non-hydrogen) atoms. The third-order valence-corrected chi connectivity index (χ3v) is 2.54. The van der Waals surface area contributed by atoms with E-state index in [0.29, 0.717) is 11.5 Å². The molecule has 0 saturated heterocycles. The molecule has 0 aliphatic heterocycles. The lowest BCUT2D eigenvalue weighted by atomic mass is 10.1. The smallest absolute Gasteiger partial charge is 0.233 e. The Labute approximate surface area is 97.7 Å². The zero-order chi connectivity index (χ0) is 11.7. The average Bonchev–Trinajstić information content (AvgIpc) is 2.82. The Morgan fingerprint density at radius 2 is 1.76 bits per heavy atom. The highest BCUT2D eigenvalue weighted by atomic mass is 16.3. The van der Waals surface area contributed by atoms with Crippen molar-refractivity contribution in [2.24, 2.45) is 0 Å². The third kappa shape index (κ3) is 1.72. The van der Waals surface area contributed by atoms with Crippen LogP contribution in [0.25, 0.3) is 22.6 Å². The number of oxazole rings is 1. The van der Waals surface area contributed by atoms with Crippen molar-refractivity contribution in [3.8, 4) is 11.5 Å². The van der Waals surface area contributed by atoms with Crippen LogP contribution in [0.1, 0.15) is 5.56 Å². The highest BCUT2D eigenvalue weighted by molar-refractivity contribution is 5.78. The number of nitrogens with zero attached hydrogens (tertiary/aromatic N) is 1. The van der Waals surface area contributed by atoms with Crippen molar-refractivity contribution in [3.63, 3.8) is 0 Å². The predicted molar refractivity (Wildman–Crippen MR) is 64.2 cm³/mol. The van der Waals surface area contributed by atoms with Crippen molar-refractivity contribution in [1.82, 2.24) is 4.98 Å². The molecule has 0 unspecified atom stereocenters. The number of hydrogen-bond donors (Lipinski definition) is 0. The van der Waals surface area contributed by atoms with E-state index in [0.717, 1.165) is 16.7 Å². The zero-order valence-electron chi connectivity index (χ0n) is 8.88. The lowest BCUT2D eigenvalue weighted by molar-refractivity contribution is 0.562. The molecule has 3 rings (SSSR count). The van der Waals surface area contributed by atoms with Crippen molar-refractivity contribution in [3.05, 3.63) is 54.1 Å². The summed E-state index contributed by atoms with van der Waals surface area (Å²) in [6.07, 6.45) is 1.83. The molecular formula is C14H8NO2. The van der Waals surface area contributed by atoms with Gasteiger partial charge in [0.15, 0.2) is 5.58 Å². The Morgan fingerprint density at radius 1 is 1.00 bits per heavy atom. The lowest BCUT2D eigenvalue weighted by Gasteiger charge is -1.94. The van der Waals surface area contributed by atoms with Gasteiger partial charge in [0, 0.05) is 11.1 Å². The second kappa shape index (κ2) is 3.87. The van der Waals surface area contributed by atoms with E-state index < -0.39 is 0 Å². The van der Waals surface area contributed by atoms with Crippen LogP contribution in [0, 0.1) is 0 Å². The van der Waals surface area contributed by atoms with Crippen molar-refractivity contribution in [2.45, 2.75) is 0 Å². The first-order chi connectivity index (χ1) is 8.36. The van der Waals surface area contributed by atoms with Gasteiger partial charge in [-0.05, 0) is 24.3 Å². The molecule has 3 nitrogen and oxygen atoms in total. The summed E-state index contributed by atoms with van der Waals surface area (Å²) in [6, 6.07) is 14.6. The van der Waals surface area contributed by atoms with Crippen molar-refractivity contribution in [2.75, 3.05) is 0 Å². The minimum atomic E-state index is 0.518. The van der Waals surface area contributed by atoms with Gasteiger partial charge in [-0.1, -0.05) is 24.3 Å². The number of para-hydroxylation sites is 2. The fourth-order valence-corrected chi connectivity index (χ4v) is 1.68. The Bertz CT molecular complexity index is 635. The Hall–Kier alpha value is -2.42. The number of rotatable bonds is 2. The minimum absolute atomic E-state index is 0.518. The predicted octanol–water partition coefficient (Wildman–Crippen LogP) is 2.95. The van der Waals surface area contributed by atoms with Gasteiger partial charge in [-0.3, -0.25) is 4.79 Å². The highest BCUT2D eigenvalue weighted by Crippen LogP contribution is 2.23. The molecule has 1 heterocycles. The topological polar surface area (TPSA) is 43.1 Å². The van der Waals surface area contributed by atoms with Gasteiger partial charge in [0.25, 0.3) is 0 Å². The van der Waals surface area contributed by atoms with Gasteiger partial charge in [-0.25, -0.2) is 4.98 Å². The summed E-state index contributed by atoms with van der Waals surface area (Å²) in [5.41, 5.74) is 2.95. The van der Waals surface area contributed by atoms with Crippen LogP contribution in [0.5, 0.6) is 0 Å². The van der Waals surface area contributed by atoms with Gasteiger partial charge in [-0.2, -0.15) is 0 Å². The molecule has 3 heteroatoms. The number of fused-ring (bicyclic) bond motifs is 1. The molecule has 0 N–H and O–H groups in total. The molecule has 1 radical (unpaired) electrons. The molecule has 0 amide bonds. The van der Waals surface area contributed by atoms with Crippen LogP contribution in [0.2, 0.25) is 0 Å². The van der Waals surface area contributed by atoms with Crippen LogP contribution >= 0.6 is 0 Å². The number of hydrogen-bond acceptors (Lipinski definition) is 3. The molecule has 0 bridgehead atoms. The maximum atomic E-state index is 10.4. The number of aromatic nitrogens is 1. The average molecular weight is 222 g/mol. The zero-order valence-corrected chi connectivity index (χ0v) is 8.88. The van der Waals surface area contributed by atoms with E-state index in [4.69, 9.17) is 4.42 Å². The summed E-state index contributed by atoms with van der Waals surface area (Å²) in [5, 5.41) is 0. The first-order valence-corrected chi connectivity index (χ1v) is 5.21. The maximum absolute atomic E-state index is 10.4. The Kier molecular flexibility index (Phi) is 2.22.